The Hall–Kier alpha value is -2.03. The highest BCUT2D eigenvalue weighted by Crippen LogP contribution is 2.41. The number of methoxy groups -OCH3 is 1. The highest BCUT2D eigenvalue weighted by molar-refractivity contribution is 5.57. The molecule has 0 aliphatic rings. The number of nitrogens with two attached hydrogens (primary N) is 1. The highest BCUT2D eigenvalue weighted by atomic mass is 19.4. The molecule has 0 amide bonds. The second-order valence-corrected chi connectivity index (χ2v) is 3.37. The number of benzene rings is 1. The number of halogens is 3. The van der Waals surface area contributed by atoms with Crippen LogP contribution >= 0.6 is 0 Å². The molecule has 0 spiro atoms. The molecule has 0 fully saturated rings. The number of rotatable bonds is 3. The molecule has 18 heavy (non-hydrogen) atoms. The number of hydrogen-bond donors (Lipinski definition) is 2. The van der Waals surface area contributed by atoms with Gasteiger partial charge in [-0.15, -0.1) is 0 Å². The molecule has 6 nitrogen and oxygen atoms in total. The molecule has 0 aliphatic carbocycles. The lowest BCUT2D eigenvalue weighted by molar-refractivity contribution is -0.386. The topological polar surface area (TPSA) is 98.6 Å². The first-order valence-electron chi connectivity index (χ1n) is 4.56. The number of nitro benzene ring substituents is 1. The van der Waals surface area contributed by atoms with E-state index >= 15 is 0 Å². The molecule has 0 saturated heterocycles. The Morgan fingerprint density at radius 3 is 2.44 bits per heavy atom. The summed E-state index contributed by atoms with van der Waals surface area (Å²) in [7, 11) is 1.06. The molecule has 0 unspecified atom stereocenters. The van der Waals surface area contributed by atoms with Crippen molar-refractivity contribution in [2.45, 2.75) is 12.2 Å². The number of alkyl halides is 3. The molecule has 1 atom stereocenters. The summed E-state index contributed by atoms with van der Waals surface area (Å²) >= 11 is 0. The molecule has 9 heteroatoms. The van der Waals surface area contributed by atoms with E-state index in [0.717, 1.165) is 13.2 Å². The Kier molecular flexibility index (Phi) is 3.65. The van der Waals surface area contributed by atoms with Crippen LogP contribution in [0.3, 0.4) is 0 Å². The third-order valence-corrected chi connectivity index (χ3v) is 2.21. The van der Waals surface area contributed by atoms with Crippen molar-refractivity contribution in [1.29, 1.82) is 0 Å². The molecular formula is C9H9F3N2O4. The normalized spacial score (nSPS) is 13.2. The number of ether oxygens (including phenoxy) is 1. The summed E-state index contributed by atoms with van der Waals surface area (Å²) in [4.78, 5) is 9.56. The van der Waals surface area contributed by atoms with E-state index in [1.807, 2.05) is 0 Å². The predicted octanol–water partition coefficient (Wildman–Crippen LogP) is 1.87. The average Bonchev–Trinajstić information content (AvgIpc) is 2.26. The van der Waals surface area contributed by atoms with Crippen molar-refractivity contribution < 1.29 is 27.9 Å². The fourth-order valence-electron chi connectivity index (χ4n) is 1.28. The van der Waals surface area contributed by atoms with Gasteiger partial charge in [-0.05, 0) is 11.6 Å². The minimum absolute atomic E-state index is 0.445. The minimum atomic E-state index is -4.75. The van der Waals surface area contributed by atoms with Crippen molar-refractivity contribution in [3.05, 3.63) is 27.8 Å². The van der Waals surface area contributed by atoms with Gasteiger partial charge in [-0.3, -0.25) is 10.1 Å². The Morgan fingerprint density at radius 1 is 1.50 bits per heavy atom. The molecule has 100 valence electrons. The zero-order valence-corrected chi connectivity index (χ0v) is 9.06. The van der Waals surface area contributed by atoms with E-state index < -0.39 is 39.9 Å². The molecule has 0 heterocycles. The van der Waals surface area contributed by atoms with E-state index in [2.05, 4.69) is 4.74 Å². The first kappa shape index (κ1) is 14.0. The molecule has 1 rings (SSSR count). The largest absolute Gasteiger partial charge is 0.500 e. The second kappa shape index (κ2) is 4.69. The van der Waals surface area contributed by atoms with Gasteiger partial charge in [0.15, 0.2) is 5.75 Å². The first-order valence-corrected chi connectivity index (χ1v) is 4.56. The number of phenolic OH excluding ortho intramolecular Hbond substituents is 1. The molecule has 0 bridgehead atoms. The third kappa shape index (κ3) is 2.62. The lowest BCUT2D eigenvalue weighted by atomic mass is 10.1. The molecule has 0 aromatic heterocycles. The van der Waals surface area contributed by atoms with Gasteiger partial charge in [0, 0.05) is 6.07 Å². The van der Waals surface area contributed by atoms with Crippen LogP contribution in [0.15, 0.2) is 12.1 Å². The lowest BCUT2D eigenvalue weighted by Crippen LogP contribution is -2.28. The van der Waals surface area contributed by atoms with Crippen LogP contribution in [0.1, 0.15) is 11.6 Å². The van der Waals surface area contributed by atoms with Crippen LogP contribution in [0.2, 0.25) is 0 Å². The Bertz CT molecular complexity index is 476. The Labute approximate surface area is 98.9 Å². The maximum absolute atomic E-state index is 12.4. The fourth-order valence-corrected chi connectivity index (χ4v) is 1.28. The standard InChI is InChI=1S/C9H9F3N2O4/c1-18-6-3-4(8(13)9(10,11)12)2-5(7(6)15)14(16)17/h2-3,8,15H,13H2,1H3/t8-/m0/s1. The van der Waals surface area contributed by atoms with E-state index in [4.69, 9.17) is 5.73 Å². The van der Waals surface area contributed by atoms with E-state index in [0.29, 0.717) is 6.07 Å². The van der Waals surface area contributed by atoms with E-state index in [1.165, 1.54) is 0 Å². The summed E-state index contributed by atoms with van der Waals surface area (Å²) in [5.74, 6) is -1.29. The molecule has 0 radical (unpaired) electrons. The Morgan fingerprint density at radius 2 is 2.06 bits per heavy atom. The lowest BCUT2D eigenvalue weighted by Gasteiger charge is -2.16. The summed E-state index contributed by atoms with van der Waals surface area (Å²) in [6, 6.07) is -1.03. The quantitative estimate of drug-likeness (QED) is 0.642. The third-order valence-electron chi connectivity index (χ3n) is 2.21. The molecular weight excluding hydrogens is 257 g/mol. The van der Waals surface area contributed by atoms with Crippen molar-refractivity contribution >= 4 is 5.69 Å². The first-order chi connectivity index (χ1) is 8.18. The zero-order valence-electron chi connectivity index (χ0n) is 9.06. The summed E-state index contributed by atoms with van der Waals surface area (Å²) < 4.78 is 41.8. The minimum Gasteiger partial charge on any atom is -0.500 e. The van der Waals surface area contributed by atoms with Crippen LogP contribution in [0.25, 0.3) is 0 Å². The van der Waals surface area contributed by atoms with Crippen LogP contribution in [-0.2, 0) is 0 Å². The molecule has 1 aromatic carbocycles. The monoisotopic (exact) mass is 266 g/mol. The zero-order chi connectivity index (χ0) is 14.1. The summed E-state index contributed by atoms with van der Waals surface area (Å²) in [6.07, 6.45) is -4.75. The Balaban J connectivity index is 3.39. The van der Waals surface area contributed by atoms with Gasteiger partial charge in [0.1, 0.15) is 6.04 Å². The molecule has 1 aromatic rings. The summed E-state index contributed by atoms with van der Waals surface area (Å²) in [5, 5.41) is 20.0. The predicted molar refractivity (Wildman–Crippen MR) is 54.3 cm³/mol. The van der Waals surface area contributed by atoms with Crippen LogP contribution in [-0.4, -0.2) is 23.3 Å². The maximum Gasteiger partial charge on any atom is 0.407 e. The second-order valence-electron chi connectivity index (χ2n) is 3.37. The number of aromatic hydroxyl groups is 1. The van der Waals surface area contributed by atoms with Gasteiger partial charge in [0.25, 0.3) is 0 Å². The van der Waals surface area contributed by atoms with Crippen molar-refractivity contribution in [3.63, 3.8) is 0 Å². The van der Waals surface area contributed by atoms with Gasteiger partial charge in [0.05, 0.1) is 12.0 Å². The molecule has 3 N–H and O–H groups in total. The van der Waals surface area contributed by atoms with Crippen LogP contribution < -0.4 is 10.5 Å². The molecule has 0 saturated carbocycles. The number of nitro groups is 1. The van der Waals surface area contributed by atoms with Gasteiger partial charge in [-0.1, -0.05) is 0 Å². The number of nitrogens with zero attached hydrogens (tertiary/aromatic N) is 1. The summed E-state index contributed by atoms with van der Waals surface area (Å²) in [6.45, 7) is 0. The molecule has 0 aliphatic heterocycles. The number of hydrogen-bond acceptors (Lipinski definition) is 5. The van der Waals surface area contributed by atoms with Gasteiger partial charge in [-0.25, -0.2) is 0 Å². The van der Waals surface area contributed by atoms with E-state index in [9.17, 15) is 28.4 Å². The maximum atomic E-state index is 12.4. The highest BCUT2D eigenvalue weighted by Gasteiger charge is 2.39. The average molecular weight is 266 g/mol. The van der Waals surface area contributed by atoms with Crippen molar-refractivity contribution in [2.75, 3.05) is 7.11 Å². The van der Waals surface area contributed by atoms with Crippen LogP contribution in [0.5, 0.6) is 11.5 Å². The van der Waals surface area contributed by atoms with E-state index in [-0.39, 0.29) is 0 Å². The smallest absolute Gasteiger partial charge is 0.407 e. The summed E-state index contributed by atoms with van der Waals surface area (Å²) in [5.41, 5.74) is 3.47. The van der Waals surface area contributed by atoms with Crippen LogP contribution in [0.4, 0.5) is 18.9 Å². The van der Waals surface area contributed by atoms with Crippen molar-refractivity contribution in [2.24, 2.45) is 5.73 Å². The van der Waals surface area contributed by atoms with Gasteiger partial charge in [0.2, 0.25) is 5.75 Å². The van der Waals surface area contributed by atoms with Crippen molar-refractivity contribution in [1.82, 2.24) is 0 Å². The van der Waals surface area contributed by atoms with Gasteiger partial charge < -0.3 is 15.6 Å². The van der Waals surface area contributed by atoms with Crippen molar-refractivity contribution in [3.8, 4) is 11.5 Å². The number of phenols is 1. The van der Waals surface area contributed by atoms with Gasteiger partial charge >= 0.3 is 11.9 Å². The van der Waals surface area contributed by atoms with Crippen LogP contribution in [0, 0.1) is 10.1 Å². The fraction of sp³-hybridized carbons (Fsp3) is 0.333. The van der Waals surface area contributed by atoms with E-state index in [1.54, 1.807) is 0 Å². The SMILES string of the molecule is COc1cc([C@H](N)C(F)(F)F)cc([N+](=O)[O-])c1O. The van der Waals surface area contributed by atoms with Gasteiger partial charge in [-0.2, -0.15) is 13.2 Å².